The van der Waals surface area contributed by atoms with E-state index in [2.05, 4.69) is 5.16 Å². The SMILES string of the molecule is CCC1OCCC1C(=O)N(C)CCC(N)=NO. The molecule has 2 unspecified atom stereocenters. The van der Waals surface area contributed by atoms with Gasteiger partial charge in [0, 0.05) is 26.6 Å². The average molecular weight is 243 g/mol. The molecule has 0 aromatic heterocycles. The Morgan fingerprint density at radius 2 is 2.35 bits per heavy atom. The van der Waals surface area contributed by atoms with E-state index in [0.717, 1.165) is 12.8 Å². The van der Waals surface area contributed by atoms with Gasteiger partial charge in [-0.1, -0.05) is 12.1 Å². The van der Waals surface area contributed by atoms with E-state index in [1.807, 2.05) is 6.92 Å². The minimum atomic E-state index is -0.0442. The quantitative estimate of drug-likeness (QED) is 0.316. The fourth-order valence-corrected chi connectivity index (χ4v) is 2.06. The lowest BCUT2D eigenvalue weighted by molar-refractivity contribution is -0.135. The minimum absolute atomic E-state index is 0.0359. The highest BCUT2D eigenvalue weighted by Gasteiger charge is 2.34. The van der Waals surface area contributed by atoms with Crippen molar-refractivity contribution in [2.75, 3.05) is 20.2 Å². The maximum absolute atomic E-state index is 12.1. The summed E-state index contributed by atoms with van der Waals surface area (Å²) >= 11 is 0. The standard InChI is InChI=1S/C11H21N3O3/c1-3-9-8(5-7-17-9)11(15)14(2)6-4-10(12)13-16/h8-9,16H,3-7H2,1-2H3,(H2,12,13). The molecule has 6 heteroatoms. The largest absolute Gasteiger partial charge is 0.409 e. The first kappa shape index (κ1) is 13.8. The lowest BCUT2D eigenvalue weighted by Crippen LogP contribution is -2.38. The summed E-state index contributed by atoms with van der Waals surface area (Å²) in [6, 6.07) is 0. The lowest BCUT2D eigenvalue weighted by Gasteiger charge is -2.23. The van der Waals surface area contributed by atoms with Crippen molar-refractivity contribution >= 4 is 11.7 Å². The number of nitrogens with zero attached hydrogens (tertiary/aromatic N) is 2. The molecule has 0 spiro atoms. The van der Waals surface area contributed by atoms with Gasteiger partial charge in [0.05, 0.1) is 12.0 Å². The third-order valence-corrected chi connectivity index (χ3v) is 3.14. The zero-order valence-electron chi connectivity index (χ0n) is 10.4. The van der Waals surface area contributed by atoms with E-state index in [1.165, 1.54) is 0 Å². The average Bonchev–Trinajstić information content (AvgIpc) is 2.82. The molecule has 3 N–H and O–H groups in total. The molecule has 0 radical (unpaired) electrons. The molecule has 0 aromatic carbocycles. The van der Waals surface area contributed by atoms with Crippen molar-refractivity contribution in [3.05, 3.63) is 0 Å². The van der Waals surface area contributed by atoms with E-state index < -0.39 is 0 Å². The number of hydrogen-bond acceptors (Lipinski definition) is 4. The van der Waals surface area contributed by atoms with Gasteiger partial charge in [-0.3, -0.25) is 4.79 Å². The van der Waals surface area contributed by atoms with Gasteiger partial charge in [-0.25, -0.2) is 0 Å². The molecule has 0 aliphatic carbocycles. The summed E-state index contributed by atoms with van der Waals surface area (Å²) < 4.78 is 5.50. The highest BCUT2D eigenvalue weighted by Crippen LogP contribution is 2.25. The van der Waals surface area contributed by atoms with Gasteiger partial charge in [0.25, 0.3) is 0 Å². The van der Waals surface area contributed by atoms with Gasteiger partial charge in [-0.05, 0) is 12.8 Å². The van der Waals surface area contributed by atoms with E-state index in [1.54, 1.807) is 11.9 Å². The highest BCUT2D eigenvalue weighted by atomic mass is 16.5. The number of nitrogens with two attached hydrogens (primary N) is 1. The van der Waals surface area contributed by atoms with Gasteiger partial charge in [0.1, 0.15) is 5.84 Å². The van der Waals surface area contributed by atoms with Crippen LogP contribution in [0.25, 0.3) is 0 Å². The second kappa shape index (κ2) is 6.44. The number of oxime groups is 1. The molecule has 0 aromatic rings. The van der Waals surface area contributed by atoms with Gasteiger partial charge in [0.15, 0.2) is 0 Å². The maximum Gasteiger partial charge on any atom is 0.228 e. The van der Waals surface area contributed by atoms with Crippen LogP contribution in [0.1, 0.15) is 26.2 Å². The van der Waals surface area contributed by atoms with Crippen molar-refractivity contribution in [2.24, 2.45) is 16.8 Å². The summed E-state index contributed by atoms with van der Waals surface area (Å²) in [6.45, 7) is 3.14. The third kappa shape index (κ3) is 3.59. The van der Waals surface area contributed by atoms with Gasteiger partial charge in [-0.15, -0.1) is 0 Å². The third-order valence-electron chi connectivity index (χ3n) is 3.14. The normalized spacial score (nSPS) is 24.9. The summed E-state index contributed by atoms with van der Waals surface area (Å²) in [5.74, 6) is 0.178. The monoisotopic (exact) mass is 243 g/mol. The fraction of sp³-hybridized carbons (Fsp3) is 0.818. The van der Waals surface area contributed by atoms with Gasteiger partial charge < -0.3 is 20.6 Å². The van der Waals surface area contributed by atoms with Crippen molar-refractivity contribution in [2.45, 2.75) is 32.3 Å². The van der Waals surface area contributed by atoms with Crippen molar-refractivity contribution in [1.82, 2.24) is 4.90 Å². The van der Waals surface area contributed by atoms with Crippen LogP contribution < -0.4 is 5.73 Å². The second-order valence-corrected chi connectivity index (χ2v) is 4.31. The molecule has 2 atom stereocenters. The first-order valence-corrected chi connectivity index (χ1v) is 5.93. The predicted molar refractivity (Wildman–Crippen MR) is 63.8 cm³/mol. The molecule has 0 bridgehead atoms. The molecular weight excluding hydrogens is 222 g/mol. The van der Waals surface area contributed by atoms with Crippen LogP contribution >= 0.6 is 0 Å². The Kier molecular flexibility index (Phi) is 5.21. The van der Waals surface area contributed by atoms with Crippen LogP contribution in [-0.4, -0.2) is 48.2 Å². The number of amides is 1. The molecule has 1 fully saturated rings. The Morgan fingerprint density at radius 1 is 1.65 bits per heavy atom. The van der Waals surface area contributed by atoms with Crippen molar-refractivity contribution in [1.29, 1.82) is 0 Å². The molecular formula is C11H21N3O3. The van der Waals surface area contributed by atoms with Crippen LogP contribution in [0, 0.1) is 5.92 Å². The summed E-state index contributed by atoms with van der Waals surface area (Å²) in [6.07, 6.45) is 2.05. The van der Waals surface area contributed by atoms with E-state index in [4.69, 9.17) is 15.7 Å². The number of ether oxygens (including phenoxy) is 1. The van der Waals surface area contributed by atoms with Crippen LogP contribution in [0.15, 0.2) is 5.16 Å². The van der Waals surface area contributed by atoms with Crippen LogP contribution in [-0.2, 0) is 9.53 Å². The lowest BCUT2D eigenvalue weighted by atomic mass is 9.98. The van der Waals surface area contributed by atoms with Crippen LogP contribution in [0.2, 0.25) is 0 Å². The molecule has 17 heavy (non-hydrogen) atoms. The minimum Gasteiger partial charge on any atom is -0.409 e. The predicted octanol–water partition coefficient (Wildman–Crippen LogP) is 0.396. The fourth-order valence-electron chi connectivity index (χ4n) is 2.06. The van der Waals surface area contributed by atoms with Gasteiger partial charge in [-0.2, -0.15) is 0 Å². The second-order valence-electron chi connectivity index (χ2n) is 4.31. The van der Waals surface area contributed by atoms with Crippen LogP contribution in [0.5, 0.6) is 0 Å². The molecule has 1 aliphatic rings. The summed E-state index contributed by atoms with van der Waals surface area (Å²) in [5, 5.41) is 11.3. The molecule has 1 saturated heterocycles. The smallest absolute Gasteiger partial charge is 0.228 e. The molecule has 98 valence electrons. The van der Waals surface area contributed by atoms with Crippen LogP contribution in [0.4, 0.5) is 0 Å². The van der Waals surface area contributed by atoms with E-state index in [9.17, 15) is 4.79 Å². The Hall–Kier alpha value is -1.30. The van der Waals surface area contributed by atoms with Gasteiger partial charge >= 0.3 is 0 Å². The summed E-state index contributed by atoms with van der Waals surface area (Å²) in [5.41, 5.74) is 5.37. The zero-order chi connectivity index (χ0) is 12.8. The molecule has 1 aliphatic heterocycles. The Labute approximate surface area is 101 Å². The van der Waals surface area contributed by atoms with Crippen molar-refractivity contribution < 1.29 is 14.7 Å². The highest BCUT2D eigenvalue weighted by molar-refractivity contribution is 5.82. The molecule has 0 saturated carbocycles. The topological polar surface area (TPSA) is 88.2 Å². The first-order chi connectivity index (χ1) is 8.10. The number of amidine groups is 1. The van der Waals surface area contributed by atoms with E-state index in [0.29, 0.717) is 19.6 Å². The molecule has 1 amide bonds. The Balaban J connectivity index is 2.46. The maximum atomic E-state index is 12.1. The number of carbonyl (C=O) groups excluding carboxylic acids is 1. The van der Waals surface area contributed by atoms with E-state index in [-0.39, 0.29) is 23.8 Å². The molecule has 1 heterocycles. The summed E-state index contributed by atoms with van der Waals surface area (Å²) in [7, 11) is 1.73. The summed E-state index contributed by atoms with van der Waals surface area (Å²) in [4.78, 5) is 13.7. The number of rotatable bonds is 5. The van der Waals surface area contributed by atoms with Crippen LogP contribution in [0.3, 0.4) is 0 Å². The van der Waals surface area contributed by atoms with Gasteiger partial charge in [0.2, 0.25) is 5.91 Å². The molecule has 1 rings (SSSR count). The Morgan fingerprint density at radius 3 is 2.94 bits per heavy atom. The van der Waals surface area contributed by atoms with Crippen molar-refractivity contribution in [3.63, 3.8) is 0 Å². The first-order valence-electron chi connectivity index (χ1n) is 5.93. The zero-order valence-corrected chi connectivity index (χ0v) is 10.4. The van der Waals surface area contributed by atoms with Crippen molar-refractivity contribution in [3.8, 4) is 0 Å². The Bertz CT molecular complexity index is 294. The number of hydrogen-bond donors (Lipinski definition) is 2. The molecule has 6 nitrogen and oxygen atoms in total. The van der Waals surface area contributed by atoms with E-state index >= 15 is 0 Å². The number of carbonyl (C=O) groups is 1.